The fourth-order valence-corrected chi connectivity index (χ4v) is 5.25. The molecule has 3 N–H and O–H groups in total. The number of carbonyl (C=O) groups excluding carboxylic acids is 3. The van der Waals surface area contributed by atoms with Crippen LogP contribution < -0.4 is 15.5 Å². The monoisotopic (exact) mass is 648 g/mol. The van der Waals surface area contributed by atoms with Gasteiger partial charge in [0.2, 0.25) is 11.8 Å². The third-order valence-corrected chi connectivity index (χ3v) is 7.91. The number of carbonyl (C=O) groups is 4. The van der Waals surface area contributed by atoms with Crippen LogP contribution in [0.3, 0.4) is 0 Å². The minimum atomic E-state index is -1.13. The molecule has 1 aliphatic rings. The van der Waals surface area contributed by atoms with E-state index >= 15 is 0 Å². The first-order valence-corrected chi connectivity index (χ1v) is 15.5. The van der Waals surface area contributed by atoms with Crippen molar-refractivity contribution in [3.63, 3.8) is 0 Å². The molecule has 2 unspecified atom stereocenters. The molecule has 3 amide bonds. The minimum Gasteiger partial charge on any atom is -0.480 e. The number of carboxylic acids is 1. The van der Waals surface area contributed by atoms with Crippen molar-refractivity contribution in [3.05, 3.63) is 76.8 Å². The molecule has 0 radical (unpaired) electrons. The second kappa shape index (κ2) is 19.7. The Morgan fingerprint density at radius 3 is 2.14 bits per heavy atom. The van der Waals surface area contributed by atoms with Crippen molar-refractivity contribution >= 4 is 52.6 Å². The zero-order chi connectivity index (χ0) is 33.3. The maximum atomic E-state index is 13.3. The summed E-state index contributed by atoms with van der Waals surface area (Å²) in [6.45, 7) is 12.8. The van der Waals surface area contributed by atoms with E-state index in [2.05, 4.69) is 67.1 Å². The van der Waals surface area contributed by atoms with Crippen LogP contribution in [0, 0.1) is 5.92 Å². The molecule has 9 nitrogen and oxygen atoms in total. The summed E-state index contributed by atoms with van der Waals surface area (Å²) in [6.07, 6.45) is 6.93. The maximum Gasteiger partial charge on any atom is 0.322 e. The Kier molecular flexibility index (Phi) is 17.2. The zero-order valence-corrected chi connectivity index (χ0v) is 27.9. The van der Waals surface area contributed by atoms with Gasteiger partial charge in [0.15, 0.2) is 0 Å². The Morgan fingerprint density at radius 1 is 1.07 bits per heavy atom. The highest BCUT2D eigenvalue weighted by molar-refractivity contribution is 6.39. The van der Waals surface area contributed by atoms with Crippen molar-refractivity contribution in [2.45, 2.75) is 65.3 Å². The fourth-order valence-electron chi connectivity index (χ4n) is 4.68. The number of aliphatic carboxylic acids is 1. The van der Waals surface area contributed by atoms with Crippen LogP contribution in [0.15, 0.2) is 61.2 Å². The lowest BCUT2D eigenvalue weighted by atomic mass is 9.83. The summed E-state index contributed by atoms with van der Waals surface area (Å²) in [7, 11) is 1.60. The highest BCUT2D eigenvalue weighted by Crippen LogP contribution is 2.39. The number of nitrogens with zero attached hydrogens (tertiary/aromatic N) is 2. The van der Waals surface area contributed by atoms with Crippen molar-refractivity contribution < 1.29 is 24.3 Å². The molecule has 1 saturated heterocycles. The number of benzene rings is 2. The lowest BCUT2D eigenvalue weighted by Crippen LogP contribution is -2.49. The smallest absolute Gasteiger partial charge is 0.322 e. The van der Waals surface area contributed by atoms with Crippen LogP contribution in [0.2, 0.25) is 10.0 Å². The number of amides is 3. The van der Waals surface area contributed by atoms with E-state index in [1.807, 2.05) is 17.0 Å². The largest absolute Gasteiger partial charge is 0.480 e. The van der Waals surface area contributed by atoms with Gasteiger partial charge in [-0.3, -0.25) is 19.2 Å². The molecule has 2 aromatic carbocycles. The molecule has 0 bridgehead atoms. The molecule has 0 spiro atoms. The van der Waals surface area contributed by atoms with Gasteiger partial charge in [-0.2, -0.15) is 0 Å². The van der Waals surface area contributed by atoms with Gasteiger partial charge in [0, 0.05) is 26.2 Å². The Bertz CT molecular complexity index is 1220. The predicted molar refractivity (Wildman–Crippen MR) is 178 cm³/mol. The summed E-state index contributed by atoms with van der Waals surface area (Å²) in [5, 5.41) is 13.3. The van der Waals surface area contributed by atoms with Gasteiger partial charge < -0.3 is 25.5 Å². The standard InChI is InChI=1S/C21H32N2O.C9H7Cl2NO3.C3H7NO/c1-5-14-21(15-13-18(4)7-3)20(24)22(16-6-2)17-23(21)19-11-9-8-10-12-19;10-5-2-1-3-6(11)8(5)9(15)12-4-7(13)14;1-3(5)4-2/h6,8-12,18H,2,5,7,13-17H2,1,3-4H3;1-3H,4H2,(H,12,15)(H,13,14);1-2H3,(H,4,5). The van der Waals surface area contributed by atoms with Crippen LogP contribution in [0.1, 0.15) is 70.2 Å². The molecule has 0 saturated carbocycles. The van der Waals surface area contributed by atoms with E-state index in [-0.39, 0.29) is 27.4 Å². The van der Waals surface area contributed by atoms with Gasteiger partial charge in [-0.1, -0.05) is 87.2 Å². The van der Waals surface area contributed by atoms with Gasteiger partial charge >= 0.3 is 5.97 Å². The molecule has 0 aromatic heterocycles. The van der Waals surface area contributed by atoms with Crippen molar-refractivity contribution in [2.24, 2.45) is 5.92 Å². The molecule has 2 atom stereocenters. The lowest BCUT2D eigenvalue weighted by Gasteiger charge is -2.37. The average molecular weight is 650 g/mol. The Labute approximate surface area is 271 Å². The third-order valence-electron chi connectivity index (χ3n) is 7.28. The van der Waals surface area contributed by atoms with E-state index in [4.69, 9.17) is 28.3 Å². The molecule has 0 aliphatic carbocycles. The van der Waals surface area contributed by atoms with Gasteiger partial charge in [-0.15, -0.1) is 6.58 Å². The van der Waals surface area contributed by atoms with Gasteiger partial charge in [-0.05, 0) is 49.4 Å². The Balaban J connectivity index is 0.000000411. The second-order valence-corrected chi connectivity index (χ2v) is 11.3. The van der Waals surface area contributed by atoms with Gasteiger partial charge in [0.25, 0.3) is 5.91 Å². The molecule has 2 aromatic rings. The molecule has 3 rings (SSSR count). The number of rotatable bonds is 12. The van der Waals surface area contributed by atoms with Crippen LogP contribution in [-0.4, -0.2) is 66.0 Å². The van der Waals surface area contributed by atoms with Gasteiger partial charge in [-0.25, -0.2) is 0 Å². The summed E-state index contributed by atoms with van der Waals surface area (Å²) in [4.78, 5) is 49.0. The number of halogens is 2. The summed E-state index contributed by atoms with van der Waals surface area (Å²) in [6, 6.07) is 15.0. The van der Waals surface area contributed by atoms with Crippen molar-refractivity contribution in [2.75, 3.05) is 31.7 Å². The quantitative estimate of drug-likeness (QED) is 0.229. The average Bonchev–Trinajstić information content (AvgIpc) is 3.27. The van der Waals surface area contributed by atoms with Crippen LogP contribution in [0.5, 0.6) is 0 Å². The topological polar surface area (TPSA) is 119 Å². The number of para-hydroxylation sites is 1. The summed E-state index contributed by atoms with van der Waals surface area (Å²) >= 11 is 11.5. The number of hydrogen-bond acceptors (Lipinski definition) is 5. The highest BCUT2D eigenvalue weighted by atomic mass is 35.5. The third kappa shape index (κ3) is 11.5. The normalized spacial score (nSPS) is 16.1. The first-order valence-electron chi connectivity index (χ1n) is 14.7. The molecule has 44 heavy (non-hydrogen) atoms. The van der Waals surface area contributed by atoms with E-state index < -0.39 is 24.0 Å². The molecule has 242 valence electrons. The highest BCUT2D eigenvalue weighted by Gasteiger charge is 2.51. The van der Waals surface area contributed by atoms with Crippen molar-refractivity contribution in [1.29, 1.82) is 0 Å². The molecular formula is C33H46Cl2N4O5. The Hall–Kier alpha value is -3.56. The number of hydrogen-bond donors (Lipinski definition) is 3. The number of nitrogens with one attached hydrogen (secondary N) is 2. The van der Waals surface area contributed by atoms with E-state index in [0.29, 0.717) is 19.1 Å². The predicted octanol–water partition coefficient (Wildman–Crippen LogP) is 6.40. The molecule has 1 aliphatic heterocycles. The van der Waals surface area contributed by atoms with Gasteiger partial charge in [0.1, 0.15) is 12.1 Å². The SMILES string of the molecule is C=CCN1CN(c2ccccc2)C(CCC)(CCC(C)CC)C1=O.CNC(C)=O.O=C(O)CNC(=O)c1c(Cl)cccc1Cl. The van der Waals surface area contributed by atoms with Crippen LogP contribution in [-0.2, 0) is 14.4 Å². The zero-order valence-electron chi connectivity index (χ0n) is 26.4. The number of carboxylic acid groups (broad SMARTS) is 1. The van der Waals surface area contributed by atoms with E-state index in [1.54, 1.807) is 13.1 Å². The molecular weight excluding hydrogens is 603 g/mol. The summed E-state index contributed by atoms with van der Waals surface area (Å²) < 4.78 is 0. The Morgan fingerprint density at radius 2 is 1.66 bits per heavy atom. The van der Waals surface area contributed by atoms with E-state index in [1.165, 1.54) is 19.1 Å². The molecule has 11 heteroatoms. The lowest BCUT2D eigenvalue weighted by molar-refractivity contribution is -0.136. The van der Waals surface area contributed by atoms with E-state index in [0.717, 1.165) is 37.8 Å². The second-order valence-electron chi connectivity index (χ2n) is 10.5. The van der Waals surface area contributed by atoms with Crippen LogP contribution in [0.4, 0.5) is 5.69 Å². The van der Waals surface area contributed by atoms with Crippen LogP contribution in [0.25, 0.3) is 0 Å². The van der Waals surface area contributed by atoms with Gasteiger partial charge in [0.05, 0.1) is 22.3 Å². The fraction of sp³-hybridized carbons (Fsp3) is 0.455. The van der Waals surface area contributed by atoms with Crippen molar-refractivity contribution in [1.82, 2.24) is 15.5 Å². The first-order chi connectivity index (χ1) is 20.9. The molecule has 1 heterocycles. The summed E-state index contributed by atoms with van der Waals surface area (Å²) in [5.41, 5.74) is 0.833. The summed E-state index contributed by atoms with van der Waals surface area (Å²) in [5.74, 6) is -0.807. The first kappa shape index (κ1) is 38.5. The van der Waals surface area contributed by atoms with Crippen LogP contribution >= 0.6 is 23.2 Å². The molecule has 1 fully saturated rings. The maximum absolute atomic E-state index is 13.3. The van der Waals surface area contributed by atoms with Crippen molar-refractivity contribution in [3.8, 4) is 0 Å². The number of anilines is 1. The minimum absolute atomic E-state index is 0.00463. The van der Waals surface area contributed by atoms with E-state index in [9.17, 15) is 19.2 Å².